The van der Waals surface area contributed by atoms with Crippen LogP contribution in [0.4, 0.5) is 0 Å². The molecular weight excluding hydrogens is 406 g/mol. The normalized spacial score (nSPS) is 10.2. The van der Waals surface area contributed by atoms with Crippen molar-refractivity contribution in [1.82, 2.24) is 0 Å². The summed E-state index contributed by atoms with van der Waals surface area (Å²) in [5, 5.41) is 1.66. The third-order valence-corrected chi connectivity index (χ3v) is 4.10. The summed E-state index contributed by atoms with van der Waals surface area (Å²) in [4.78, 5) is 12.6. The first kappa shape index (κ1) is 19.2. The van der Waals surface area contributed by atoms with Gasteiger partial charge in [-0.05, 0) is 36.4 Å². The number of hydrogen-bond acceptors (Lipinski definition) is 3. The van der Waals surface area contributed by atoms with Crippen LogP contribution >= 0.6 is 11.6 Å². The van der Waals surface area contributed by atoms with Gasteiger partial charge in [-0.25, -0.2) is 0 Å². The molecule has 0 bridgehead atoms. The molecule has 4 nitrogen and oxygen atoms in total. The van der Waals surface area contributed by atoms with Gasteiger partial charge >= 0.3 is 0 Å². The lowest BCUT2D eigenvalue weighted by Gasteiger charge is -2.08. The maximum atomic E-state index is 12.6. The molecule has 3 aromatic rings. The summed E-state index contributed by atoms with van der Waals surface area (Å²) in [5.74, 6) is 1.13. The van der Waals surface area contributed by atoms with Gasteiger partial charge in [-0.3, -0.25) is 4.79 Å². The van der Waals surface area contributed by atoms with Crippen molar-refractivity contribution in [3.8, 4) is 11.5 Å². The van der Waals surface area contributed by atoms with E-state index >= 15 is 0 Å². The highest BCUT2D eigenvalue weighted by atomic mass is 79.9. The van der Waals surface area contributed by atoms with E-state index in [4.69, 9.17) is 21.1 Å². The molecule has 0 aliphatic rings. The minimum absolute atomic E-state index is 0. The van der Waals surface area contributed by atoms with Gasteiger partial charge in [0.1, 0.15) is 0 Å². The van der Waals surface area contributed by atoms with Crippen molar-refractivity contribution in [3.63, 3.8) is 0 Å². The highest BCUT2D eigenvalue weighted by molar-refractivity contribution is 6.31. The Bertz CT molecular complexity index is 914. The van der Waals surface area contributed by atoms with Gasteiger partial charge in [0.05, 0.1) is 14.2 Å². The van der Waals surface area contributed by atoms with Crippen LogP contribution in [0.15, 0.2) is 54.7 Å². The molecule has 6 heteroatoms. The minimum atomic E-state index is -0.0107. The lowest BCUT2D eigenvalue weighted by atomic mass is 10.1. The Balaban J connectivity index is 0.00000225. The van der Waals surface area contributed by atoms with Crippen LogP contribution in [0.25, 0.3) is 10.9 Å². The molecule has 0 saturated heterocycles. The van der Waals surface area contributed by atoms with Crippen LogP contribution in [-0.2, 0) is 6.54 Å². The molecule has 130 valence electrons. The van der Waals surface area contributed by atoms with E-state index in [-0.39, 0.29) is 29.3 Å². The molecule has 0 saturated carbocycles. The Hall–Kier alpha value is -2.11. The van der Waals surface area contributed by atoms with Crippen molar-refractivity contribution in [2.45, 2.75) is 6.54 Å². The SMILES string of the molecule is COc1ccc(C(=O)C[n+]2cccc3cc(Cl)ccc32)cc1OC.[Br-]. The smallest absolute Gasteiger partial charge is 0.227 e. The van der Waals surface area contributed by atoms with Gasteiger partial charge in [0.25, 0.3) is 0 Å². The summed E-state index contributed by atoms with van der Waals surface area (Å²) >= 11 is 6.03. The second-order valence-electron chi connectivity index (χ2n) is 5.33. The Morgan fingerprint density at radius 1 is 1.04 bits per heavy atom. The van der Waals surface area contributed by atoms with E-state index in [9.17, 15) is 4.79 Å². The molecule has 0 aliphatic carbocycles. The van der Waals surface area contributed by atoms with Crippen LogP contribution in [0, 0.1) is 0 Å². The van der Waals surface area contributed by atoms with Crippen LogP contribution in [0.1, 0.15) is 10.4 Å². The quantitative estimate of drug-likeness (QED) is 0.449. The zero-order valence-corrected chi connectivity index (χ0v) is 16.2. The molecule has 0 atom stereocenters. The topological polar surface area (TPSA) is 39.4 Å². The average Bonchev–Trinajstić information content (AvgIpc) is 2.60. The average molecular weight is 423 g/mol. The lowest BCUT2D eigenvalue weighted by Crippen LogP contribution is -3.00. The number of fused-ring (bicyclic) bond motifs is 1. The van der Waals surface area contributed by atoms with Gasteiger partial charge in [-0.1, -0.05) is 11.6 Å². The Morgan fingerprint density at radius 3 is 2.52 bits per heavy atom. The number of benzene rings is 2. The van der Waals surface area contributed by atoms with Crippen LogP contribution in [0.3, 0.4) is 0 Å². The summed E-state index contributed by atoms with van der Waals surface area (Å²) < 4.78 is 12.4. The molecule has 2 aromatic carbocycles. The second-order valence-corrected chi connectivity index (χ2v) is 5.77. The maximum absolute atomic E-state index is 12.6. The molecule has 0 spiro atoms. The van der Waals surface area contributed by atoms with E-state index in [0.29, 0.717) is 22.1 Å². The van der Waals surface area contributed by atoms with Crippen molar-refractivity contribution < 1.29 is 35.8 Å². The summed E-state index contributed by atoms with van der Waals surface area (Å²) in [7, 11) is 3.12. The summed E-state index contributed by atoms with van der Waals surface area (Å²) in [6.07, 6.45) is 1.88. The van der Waals surface area contributed by atoms with Gasteiger partial charge in [0.2, 0.25) is 17.8 Å². The number of rotatable bonds is 5. The molecule has 0 radical (unpaired) electrons. The van der Waals surface area contributed by atoms with E-state index in [1.54, 1.807) is 32.4 Å². The molecule has 25 heavy (non-hydrogen) atoms. The molecule has 3 rings (SSSR count). The van der Waals surface area contributed by atoms with Gasteiger partial charge in [-0.15, -0.1) is 0 Å². The van der Waals surface area contributed by atoms with Crippen molar-refractivity contribution in [2.24, 2.45) is 0 Å². The maximum Gasteiger partial charge on any atom is 0.227 e. The van der Waals surface area contributed by atoms with E-state index < -0.39 is 0 Å². The van der Waals surface area contributed by atoms with Crippen LogP contribution in [0.5, 0.6) is 11.5 Å². The first-order chi connectivity index (χ1) is 11.6. The number of ether oxygens (including phenoxy) is 2. The van der Waals surface area contributed by atoms with Crippen LogP contribution < -0.4 is 31.0 Å². The number of aromatic nitrogens is 1. The second kappa shape index (κ2) is 8.32. The third kappa shape index (κ3) is 4.11. The Labute approximate surface area is 161 Å². The van der Waals surface area contributed by atoms with E-state index in [2.05, 4.69) is 0 Å². The van der Waals surface area contributed by atoms with Gasteiger partial charge in [0, 0.05) is 28.1 Å². The lowest BCUT2D eigenvalue weighted by molar-refractivity contribution is -0.657. The predicted octanol–water partition coefficient (Wildman–Crippen LogP) is 0.685. The minimum Gasteiger partial charge on any atom is -1.00 e. The Kier molecular flexibility index (Phi) is 6.39. The molecule has 1 heterocycles. The number of Topliss-reactive ketones (excluding diaryl/α,β-unsaturated/α-hetero) is 1. The standard InChI is InChI=1S/C19H17ClNO3.BrH/c1-23-18-8-5-14(11-19(18)24-2)17(22)12-21-9-3-4-13-10-15(20)6-7-16(13)21;/h3-11H,12H2,1-2H3;1H/q+1;/p-1. The van der Waals surface area contributed by atoms with E-state index in [1.165, 1.54) is 0 Å². The van der Waals surface area contributed by atoms with Gasteiger partial charge in [-0.2, -0.15) is 4.57 Å². The third-order valence-electron chi connectivity index (χ3n) is 3.86. The number of carbonyl (C=O) groups is 1. The van der Waals surface area contributed by atoms with Crippen molar-refractivity contribution in [3.05, 3.63) is 65.3 Å². The first-order valence-electron chi connectivity index (χ1n) is 7.45. The Morgan fingerprint density at radius 2 is 1.80 bits per heavy atom. The van der Waals surface area contributed by atoms with Gasteiger partial charge in [0.15, 0.2) is 17.7 Å². The first-order valence-corrected chi connectivity index (χ1v) is 7.83. The van der Waals surface area contributed by atoms with Crippen LogP contribution in [-0.4, -0.2) is 20.0 Å². The largest absolute Gasteiger partial charge is 1.00 e. The zero-order chi connectivity index (χ0) is 17.1. The highest BCUT2D eigenvalue weighted by Crippen LogP contribution is 2.27. The highest BCUT2D eigenvalue weighted by Gasteiger charge is 2.17. The summed E-state index contributed by atoms with van der Waals surface area (Å²) in [6.45, 7) is 0.231. The van der Waals surface area contributed by atoms with Crippen molar-refractivity contribution >= 4 is 28.3 Å². The van der Waals surface area contributed by atoms with Crippen molar-refractivity contribution in [1.29, 1.82) is 0 Å². The molecular formula is C19H17BrClNO3. The van der Waals surface area contributed by atoms with E-state index in [1.807, 2.05) is 41.1 Å². The fourth-order valence-corrected chi connectivity index (χ4v) is 2.83. The summed E-state index contributed by atoms with van der Waals surface area (Å²) in [5.41, 5.74) is 1.53. The molecule has 0 fully saturated rings. The van der Waals surface area contributed by atoms with E-state index in [0.717, 1.165) is 10.9 Å². The molecule has 0 N–H and O–H groups in total. The fraction of sp³-hybridized carbons (Fsp3) is 0.158. The molecule has 0 amide bonds. The molecule has 0 unspecified atom stereocenters. The van der Waals surface area contributed by atoms with Crippen LogP contribution in [0.2, 0.25) is 5.02 Å². The predicted molar refractivity (Wildman–Crippen MR) is 93.0 cm³/mol. The monoisotopic (exact) mass is 421 g/mol. The van der Waals surface area contributed by atoms with Gasteiger partial charge < -0.3 is 26.5 Å². The number of pyridine rings is 1. The summed E-state index contributed by atoms with van der Waals surface area (Å²) in [6, 6.07) is 14.7. The molecule has 1 aromatic heterocycles. The number of nitrogens with zero attached hydrogens (tertiary/aromatic N) is 1. The number of halogens is 2. The molecule has 0 aliphatic heterocycles. The number of methoxy groups -OCH3 is 2. The van der Waals surface area contributed by atoms with Crippen molar-refractivity contribution in [2.75, 3.05) is 14.2 Å². The fourth-order valence-electron chi connectivity index (χ4n) is 2.64. The number of carbonyl (C=O) groups excluding carboxylic acids is 1. The number of ketones is 1. The number of hydrogen-bond donors (Lipinski definition) is 0. The zero-order valence-electron chi connectivity index (χ0n) is 13.8.